The third-order valence-corrected chi connectivity index (χ3v) is 3.63. The first kappa shape index (κ1) is 17.5. The summed E-state index contributed by atoms with van der Waals surface area (Å²) in [7, 11) is 0. The number of nitrogens with one attached hydrogen (secondary N) is 1. The predicted molar refractivity (Wildman–Crippen MR) is 89.7 cm³/mol. The number of rotatable bonds is 6. The van der Waals surface area contributed by atoms with Crippen LogP contribution in [0.1, 0.15) is 29.3 Å². The Bertz CT molecular complexity index is 900. The van der Waals surface area contributed by atoms with Crippen molar-refractivity contribution in [2.24, 2.45) is 0 Å². The van der Waals surface area contributed by atoms with Gasteiger partial charge >= 0.3 is 5.97 Å². The molecule has 2 aromatic heterocycles. The van der Waals surface area contributed by atoms with E-state index >= 15 is 0 Å². The highest BCUT2D eigenvalue weighted by molar-refractivity contribution is 5.89. The Morgan fingerprint density at radius 1 is 1.15 bits per heavy atom. The largest absolute Gasteiger partial charge is 0.467 e. The lowest BCUT2D eigenvalue weighted by Gasteiger charge is -2.11. The zero-order valence-electron chi connectivity index (χ0n) is 13.9. The normalized spacial score (nSPS) is 11.8. The molecule has 3 aromatic rings. The van der Waals surface area contributed by atoms with Crippen molar-refractivity contribution in [3.63, 3.8) is 0 Å². The highest BCUT2D eigenvalue weighted by Gasteiger charge is 2.18. The van der Waals surface area contributed by atoms with Gasteiger partial charge in [0.1, 0.15) is 17.3 Å². The van der Waals surface area contributed by atoms with Gasteiger partial charge in [0.05, 0.1) is 17.9 Å². The van der Waals surface area contributed by atoms with Crippen LogP contribution in [0.5, 0.6) is 0 Å². The molecule has 0 aliphatic heterocycles. The van der Waals surface area contributed by atoms with Gasteiger partial charge in [-0.3, -0.25) is 4.79 Å². The second-order valence-electron chi connectivity index (χ2n) is 5.52. The fourth-order valence-electron chi connectivity index (χ4n) is 2.35. The van der Waals surface area contributed by atoms with E-state index in [0.29, 0.717) is 5.76 Å². The first-order valence-corrected chi connectivity index (χ1v) is 7.89. The summed E-state index contributed by atoms with van der Waals surface area (Å²) >= 11 is 0. The summed E-state index contributed by atoms with van der Waals surface area (Å²) in [6.07, 6.45) is 1.50. The SMILES string of the molecule is C[C@H](NC(=O)COC(=O)c1ccc(-c2ccccc2F)o1)c1ccco1. The van der Waals surface area contributed by atoms with Crippen molar-refractivity contribution in [2.45, 2.75) is 13.0 Å². The molecule has 7 heteroatoms. The summed E-state index contributed by atoms with van der Waals surface area (Å²) in [5.74, 6) is -1.09. The summed E-state index contributed by atoms with van der Waals surface area (Å²) in [5.41, 5.74) is 0.233. The predicted octanol–water partition coefficient (Wildman–Crippen LogP) is 3.71. The van der Waals surface area contributed by atoms with Gasteiger partial charge in [-0.05, 0) is 43.3 Å². The lowest BCUT2D eigenvalue weighted by molar-refractivity contribution is -0.125. The number of hydrogen-bond donors (Lipinski definition) is 1. The molecule has 0 fully saturated rings. The van der Waals surface area contributed by atoms with Gasteiger partial charge in [0, 0.05) is 0 Å². The summed E-state index contributed by atoms with van der Waals surface area (Å²) in [6, 6.07) is 12.0. The van der Waals surface area contributed by atoms with Crippen molar-refractivity contribution in [1.82, 2.24) is 5.32 Å². The van der Waals surface area contributed by atoms with Gasteiger partial charge in [-0.15, -0.1) is 0 Å². The minimum Gasteiger partial charge on any atom is -0.467 e. The summed E-state index contributed by atoms with van der Waals surface area (Å²) in [6.45, 7) is 1.27. The molecule has 0 aliphatic rings. The van der Waals surface area contributed by atoms with Crippen LogP contribution in [-0.2, 0) is 9.53 Å². The number of halogens is 1. The molecule has 0 aliphatic carbocycles. The summed E-state index contributed by atoms with van der Waals surface area (Å²) in [4.78, 5) is 23.8. The van der Waals surface area contributed by atoms with Crippen molar-refractivity contribution in [3.8, 4) is 11.3 Å². The quantitative estimate of drug-likeness (QED) is 0.680. The van der Waals surface area contributed by atoms with E-state index in [0.717, 1.165) is 0 Å². The van der Waals surface area contributed by atoms with Crippen LogP contribution in [0, 0.1) is 5.82 Å². The van der Waals surface area contributed by atoms with Gasteiger partial charge in [0.15, 0.2) is 6.61 Å². The Morgan fingerprint density at radius 3 is 2.69 bits per heavy atom. The number of ether oxygens (including phenoxy) is 1. The molecule has 6 nitrogen and oxygen atoms in total. The van der Waals surface area contributed by atoms with E-state index < -0.39 is 24.3 Å². The standard InChI is InChI=1S/C19H16FNO5/c1-12(15-7-4-10-24-15)21-18(22)11-25-19(23)17-9-8-16(26-17)13-5-2-3-6-14(13)20/h2-10,12H,11H2,1H3,(H,21,22)/t12-/m0/s1. The molecule has 0 spiro atoms. The third kappa shape index (κ3) is 4.00. The minimum absolute atomic E-state index is 0.116. The Kier molecular flexibility index (Phi) is 5.17. The van der Waals surface area contributed by atoms with Gasteiger partial charge in [0.2, 0.25) is 5.76 Å². The highest BCUT2D eigenvalue weighted by Crippen LogP contribution is 2.25. The molecule has 1 atom stereocenters. The Morgan fingerprint density at radius 2 is 1.96 bits per heavy atom. The molecular formula is C19H16FNO5. The van der Waals surface area contributed by atoms with Crippen molar-refractivity contribution in [3.05, 3.63) is 72.1 Å². The molecule has 3 rings (SSSR count). The van der Waals surface area contributed by atoms with Crippen LogP contribution in [0.15, 0.2) is 63.6 Å². The number of benzene rings is 1. The average molecular weight is 357 g/mol. The second-order valence-corrected chi connectivity index (χ2v) is 5.52. The van der Waals surface area contributed by atoms with Gasteiger partial charge in [0.25, 0.3) is 5.91 Å². The molecule has 26 heavy (non-hydrogen) atoms. The fourth-order valence-corrected chi connectivity index (χ4v) is 2.35. The van der Waals surface area contributed by atoms with Gasteiger partial charge in [-0.2, -0.15) is 0 Å². The monoisotopic (exact) mass is 357 g/mol. The molecule has 2 heterocycles. The second kappa shape index (κ2) is 7.69. The zero-order valence-corrected chi connectivity index (χ0v) is 13.9. The van der Waals surface area contributed by atoms with Crippen molar-refractivity contribution in [1.29, 1.82) is 0 Å². The fraction of sp³-hybridized carbons (Fsp3) is 0.158. The molecule has 0 saturated heterocycles. The average Bonchev–Trinajstić information content (AvgIpc) is 3.32. The van der Waals surface area contributed by atoms with Crippen LogP contribution < -0.4 is 5.32 Å². The van der Waals surface area contributed by atoms with Crippen LogP contribution in [-0.4, -0.2) is 18.5 Å². The number of carbonyl (C=O) groups excluding carboxylic acids is 2. The first-order valence-electron chi connectivity index (χ1n) is 7.89. The maximum Gasteiger partial charge on any atom is 0.374 e. The molecule has 0 radical (unpaired) electrons. The highest BCUT2D eigenvalue weighted by atomic mass is 19.1. The number of furan rings is 2. The maximum absolute atomic E-state index is 13.7. The lowest BCUT2D eigenvalue weighted by atomic mass is 10.1. The minimum atomic E-state index is -0.812. The number of esters is 1. The Labute approximate surface area is 148 Å². The maximum atomic E-state index is 13.7. The molecule has 1 aromatic carbocycles. The zero-order chi connectivity index (χ0) is 18.5. The van der Waals surface area contributed by atoms with Crippen molar-refractivity contribution >= 4 is 11.9 Å². The summed E-state index contributed by atoms with van der Waals surface area (Å²) in [5, 5.41) is 2.64. The van der Waals surface area contributed by atoms with Crippen LogP contribution in [0.4, 0.5) is 4.39 Å². The molecule has 1 amide bonds. The van der Waals surface area contributed by atoms with Gasteiger partial charge < -0.3 is 18.9 Å². The van der Waals surface area contributed by atoms with E-state index in [-0.39, 0.29) is 23.1 Å². The van der Waals surface area contributed by atoms with E-state index in [1.54, 1.807) is 31.2 Å². The van der Waals surface area contributed by atoms with E-state index in [1.807, 2.05) is 0 Å². The number of amides is 1. The summed E-state index contributed by atoms with van der Waals surface area (Å²) < 4.78 is 29.2. The van der Waals surface area contributed by atoms with E-state index in [9.17, 15) is 14.0 Å². The van der Waals surface area contributed by atoms with Crippen LogP contribution in [0.25, 0.3) is 11.3 Å². The van der Waals surface area contributed by atoms with Gasteiger partial charge in [-0.1, -0.05) is 12.1 Å². The van der Waals surface area contributed by atoms with Crippen molar-refractivity contribution in [2.75, 3.05) is 6.61 Å². The van der Waals surface area contributed by atoms with E-state index in [2.05, 4.69) is 5.32 Å². The Balaban J connectivity index is 1.55. The smallest absolute Gasteiger partial charge is 0.374 e. The lowest BCUT2D eigenvalue weighted by Crippen LogP contribution is -2.30. The number of carbonyl (C=O) groups is 2. The molecule has 0 unspecified atom stereocenters. The molecule has 134 valence electrons. The molecule has 1 N–H and O–H groups in total. The molecule has 0 bridgehead atoms. The van der Waals surface area contributed by atoms with Crippen LogP contribution >= 0.6 is 0 Å². The molecule has 0 saturated carbocycles. The van der Waals surface area contributed by atoms with Crippen LogP contribution in [0.2, 0.25) is 0 Å². The van der Waals surface area contributed by atoms with Crippen molar-refractivity contribution < 1.29 is 27.6 Å². The third-order valence-electron chi connectivity index (χ3n) is 3.63. The topological polar surface area (TPSA) is 81.7 Å². The molecular weight excluding hydrogens is 341 g/mol. The Hall–Kier alpha value is -3.35. The van der Waals surface area contributed by atoms with Gasteiger partial charge in [-0.25, -0.2) is 9.18 Å². The number of hydrogen-bond acceptors (Lipinski definition) is 5. The van der Waals surface area contributed by atoms with Crippen LogP contribution in [0.3, 0.4) is 0 Å². The van der Waals surface area contributed by atoms with E-state index in [1.165, 1.54) is 30.5 Å². The first-order chi connectivity index (χ1) is 12.5. The van der Waals surface area contributed by atoms with E-state index in [4.69, 9.17) is 13.6 Å².